The Morgan fingerprint density at radius 3 is 2.71 bits per heavy atom. The van der Waals surface area contributed by atoms with E-state index < -0.39 is 26.7 Å². The molecule has 2 aromatic carbocycles. The molecule has 0 atom stereocenters. The Kier molecular flexibility index (Phi) is 3.72. The molecule has 3 N–H and O–H groups in total. The number of benzene rings is 2. The summed E-state index contributed by atoms with van der Waals surface area (Å²) in [6.07, 6.45) is 1.60. The maximum Gasteiger partial charge on any atom is 0.335 e. The van der Waals surface area contributed by atoms with Gasteiger partial charge < -0.3 is 5.11 Å². The van der Waals surface area contributed by atoms with Crippen molar-refractivity contribution in [2.45, 2.75) is 11.8 Å². The van der Waals surface area contributed by atoms with Crippen LogP contribution in [0.3, 0.4) is 0 Å². The van der Waals surface area contributed by atoms with Gasteiger partial charge >= 0.3 is 5.97 Å². The van der Waals surface area contributed by atoms with Crippen molar-refractivity contribution in [3.05, 3.63) is 53.5 Å². The number of nitrogens with zero attached hydrogens (tertiary/aromatic N) is 1. The monoisotopic (exact) mass is 349 g/mol. The minimum absolute atomic E-state index is 0.272. The lowest BCUT2D eigenvalue weighted by Gasteiger charge is -2.11. The number of sulfonamides is 1. The molecule has 0 aliphatic rings. The predicted octanol–water partition coefficient (Wildman–Crippen LogP) is 2.51. The molecular formula is C15H12FN3O4S. The number of hydrogen-bond donors (Lipinski definition) is 3. The lowest BCUT2D eigenvalue weighted by atomic mass is 10.1. The van der Waals surface area contributed by atoms with E-state index in [0.29, 0.717) is 17.1 Å². The Morgan fingerprint density at radius 1 is 1.29 bits per heavy atom. The van der Waals surface area contributed by atoms with Gasteiger partial charge in [-0.05, 0) is 42.8 Å². The molecule has 124 valence electrons. The number of fused-ring (bicyclic) bond motifs is 1. The second kappa shape index (κ2) is 5.60. The zero-order valence-electron chi connectivity index (χ0n) is 12.4. The fourth-order valence-corrected chi connectivity index (χ4v) is 3.45. The summed E-state index contributed by atoms with van der Waals surface area (Å²) in [4.78, 5) is 10.2. The van der Waals surface area contributed by atoms with Gasteiger partial charge in [-0.15, -0.1) is 0 Å². The summed E-state index contributed by atoms with van der Waals surface area (Å²) in [6, 6.07) is 5.91. The Bertz CT molecular complexity index is 1060. The molecule has 0 radical (unpaired) electrons. The smallest absolute Gasteiger partial charge is 0.335 e. The minimum Gasteiger partial charge on any atom is -0.478 e. The maximum atomic E-state index is 14.0. The van der Waals surface area contributed by atoms with Gasteiger partial charge in [0.1, 0.15) is 10.7 Å². The topological polar surface area (TPSA) is 112 Å². The van der Waals surface area contributed by atoms with Gasteiger partial charge in [-0.25, -0.2) is 17.6 Å². The van der Waals surface area contributed by atoms with Gasteiger partial charge in [0, 0.05) is 5.39 Å². The number of carboxylic acid groups (broad SMARTS) is 1. The van der Waals surface area contributed by atoms with E-state index in [4.69, 9.17) is 5.11 Å². The molecule has 0 aliphatic carbocycles. The summed E-state index contributed by atoms with van der Waals surface area (Å²) in [7, 11) is -4.21. The van der Waals surface area contributed by atoms with Crippen LogP contribution in [0.5, 0.6) is 0 Å². The van der Waals surface area contributed by atoms with Crippen molar-refractivity contribution in [1.82, 2.24) is 10.2 Å². The summed E-state index contributed by atoms with van der Waals surface area (Å²) < 4.78 is 41.1. The number of halogens is 1. The first-order valence-corrected chi connectivity index (χ1v) is 8.25. The highest BCUT2D eigenvalue weighted by Crippen LogP contribution is 2.25. The van der Waals surface area contributed by atoms with E-state index >= 15 is 0 Å². The van der Waals surface area contributed by atoms with Crippen molar-refractivity contribution < 1.29 is 22.7 Å². The Balaban J connectivity index is 2.01. The molecule has 1 aromatic heterocycles. The average molecular weight is 349 g/mol. The fourth-order valence-electron chi connectivity index (χ4n) is 2.27. The highest BCUT2D eigenvalue weighted by Gasteiger charge is 2.21. The average Bonchev–Trinajstić information content (AvgIpc) is 2.93. The number of nitrogens with one attached hydrogen (secondary N) is 2. The van der Waals surface area contributed by atoms with Gasteiger partial charge in [0.05, 0.1) is 23.0 Å². The number of rotatable bonds is 4. The molecule has 0 aliphatic heterocycles. The zero-order chi connectivity index (χ0) is 17.5. The van der Waals surface area contributed by atoms with E-state index in [9.17, 15) is 17.6 Å². The van der Waals surface area contributed by atoms with Gasteiger partial charge in [-0.3, -0.25) is 9.82 Å². The van der Waals surface area contributed by atoms with E-state index in [-0.39, 0.29) is 11.3 Å². The van der Waals surface area contributed by atoms with Crippen LogP contribution in [0.2, 0.25) is 0 Å². The first-order chi connectivity index (χ1) is 11.3. The third kappa shape index (κ3) is 2.81. The number of aromatic carboxylic acids is 1. The lowest BCUT2D eigenvalue weighted by molar-refractivity contribution is 0.0696. The molecule has 3 aromatic rings. The standard InChI is InChI=1S/C15H12FN3O4S/c1-8-4-10-7-17-18-13(10)6-12(8)19-24(22,23)14-3-2-9(15(20)21)5-11(14)16/h2-7,19H,1H3,(H,17,18)(H,20,21). The quantitative estimate of drug-likeness (QED) is 0.670. The molecule has 24 heavy (non-hydrogen) atoms. The molecule has 0 saturated heterocycles. The van der Waals surface area contributed by atoms with Crippen LogP contribution in [-0.2, 0) is 10.0 Å². The third-order valence-electron chi connectivity index (χ3n) is 3.50. The van der Waals surface area contributed by atoms with Crippen LogP contribution in [0.1, 0.15) is 15.9 Å². The van der Waals surface area contributed by atoms with Crippen LogP contribution in [0, 0.1) is 12.7 Å². The van der Waals surface area contributed by atoms with Crippen LogP contribution in [0.4, 0.5) is 10.1 Å². The van der Waals surface area contributed by atoms with Crippen molar-refractivity contribution >= 4 is 32.6 Å². The van der Waals surface area contributed by atoms with Crippen molar-refractivity contribution in [2.75, 3.05) is 4.72 Å². The molecule has 0 fully saturated rings. The maximum absolute atomic E-state index is 14.0. The first kappa shape index (κ1) is 15.9. The van der Waals surface area contributed by atoms with Crippen LogP contribution >= 0.6 is 0 Å². The number of aromatic nitrogens is 2. The molecule has 1 heterocycles. The molecule has 0 spiro atoms. The SMILES string of the molecule is Cc1cc2cn[nH]c2cc1NS(=O)(=O)c1ccc(C(=O)O)cc1F. The van der Waals surface area contributed by atoms with Gasteiger partial charge in [0.25, 0.3) is 10.0 Å². The summed E-state index contributed by atoms with van der Waals surface area (Å²) >= 11 is 0. The largest absolute Gasteiger partial charge is 0.478 e. The van der Waals surface area contributed by atoms with Gasteiger partial charge in [0.2, 0.25) is 0 Å². The first-order valence-electron chi connectivity index (χ1n) is 6.77. The minimum atomic E-state index is -4.21. The van der Waals surface area contributed by atoms with E-state index in [2.05, 4.69) is 14.9 Å². The van der Waals surface area contributed by atoms with Crippen molar-refractivity contribution in [2.24, 2.45) is 0 Å². The molecule has 3 rings (SSSR count). The van der Waals surface area contributed by atoms with Crippen LogP contribution < -0.4 is 4.72 Å². The van der Waals surface area contributed by atoms with E-state index in [1.807, 2.05) is 0 Å². The van der Waals surface area contributed by atoms with E-state index in [1.165, 1.54) is 0 Å². The number of aromatic amines is 1. The van der Waals surface area contributed by atoms with E-state index in [0.717, 1.165) is 17.5 Å². The summed E-state index contributed by atoms with van der Waals surface area (Å²) in [5.41, 5.74) is 1.20. The molecule has 0 unspecified atom stereocenters. The molecule has 0 bridgehead atoms. The Morgan fingerprint density at radius 2 is 2.04 bits per heavy atom. The number of carboxylic acids is 1. The second-order valence-corrected chi connectivity index (χ2v) is 6.83. The van der Waals surface area contributed by atoms with E-state index in [1.54, 1.807) is 25.3 Å². The third-order valence-corrected chi connectivity index (χ3v) is 4.90. The Hall–Kier alpha value is -2.94. The lowest BCUT2D eigenvalue weighted by Crippen LogP contribution is -2.16. The Labute approximate surface area is 136 Å². The van der Waals surface area contributed by atoms with Crippen LogP contribution in [0.15, 0.2) is 41.4 Å². The van der Waals surface area contributed by atoms with Gasteiger partial charge in [-0.1, -0.05) is 0 Å². The van der Waals surface area contributed by atoms with Crippen molar-refractivity contribution in [1.29, 1.82) is 0 Å². The summed E-state index contributed by atoms with van der Waals surface area (Å²) in [5, 5.41) is 16.2. The number of aryl methyl sites for hydroxylation is 1. The summed E-state index contributed by atoms with van der Waals surface area (Å²) in [5.74, 6) is -2.48. The van der Waals surface area contributed by atoms with Gasteiger partial charge in [0.15, 0.2) is 0 Å². The predicted molar refractivity (Wildman–Crippen MR) is 85.0 cm³/mol. The number of hydrogen-bond acceptors (Lipinski definition) is 4. The van der Waals surface area contributed by atoms with Crippen molar-refractivity contribution in [3.8, 4) is 0 Å². The number of H-pyrrole nitrogens is 1. The summed E-state index contributed by atoms with van der Waals surface area (Å²) in [6.45, 7) is 1.70. The molecule has 9 heteroatoms. The highest BCUT2D eigenvalue weighted by atomic mass is 32.2. The second-order valence-electron chi connectivity index (χ2n) is 5.18. The molecule has 0 saturated carbocycles. The van der Waals surface area contributed by atoms with Crippen LogP contribution in [0.25, 0.3) is 10.9 Å². The number of carbonyl (C=O) groups is 1. The fraction of sp³-hybridized carbons (Fsp3) is 0.0667. The normalized spacial score (nSPS) is 11.6. The molecular weight excluding hydrogens is 337 g/mol. The van der Waals surface area contributed by atoms with Gasteiger partial charge in [-0.2, -0.15) is 5.10 Å². The number of anilines is 1. The van der Waals surface area contributed by atoms with Crippen LogP contribution in [-0.4, -0.2) is 29.7 Å². The highest BCUT2D eigenvalue weighted by molar-refractivity contribution is 7.92. The molecule has 0 amide bonds. The van der Waals surface area contributed by atoms with Crippen molar-refractivity contribution in [3.63, 3.8) is 0 Å². The molecule has 7 nitrogen and oxygen atoms in total. The zero-order valence-corrected chi connectivity index (χ0v) is 13.2.